The van der Waals surface area contributed by atoms with Crippen LogP contribution in [0.2, 0.25) is 5.02 Å². The minimum atomic E-state index is 0.0580. The molecular formula is C19H16BrClN2O2S. The van der Waals surface area contributed by atoms with Gasteiger partial charge in [-0.25, -0.2) is 4.98 Å². The van der Waals surface area contributed by atoms with Crippen LogP contribution in [-0.2, 0) is 0 Å². The largest absolute Gasteiger partial charge is 0.467 e. The van der Waals surface area contributed by atoms with Gasteiger partial charge in [-0.3, -0.25) is 4.79 Å². The molecule has 1 fully saturated rings. The summed E-state index contributed by atoms with van der Waals surface area (Å²) in [5.41, 5.74) is 1.49. The van der Waals surface area contributed by atoms with E-state index in [2.05, 4.69) is 20.9 Å². The van der Waals surface area contributed by atoms with Crippen LogP contribution in [0.5, 0.6) is 5.19 Å². The number of para-hydroxylation sites is 1. The van der Waals surface area contributed by atoms with Crippen molar-refractivity contribution in [3.63, 3.8) is 0 Å². The third-order valence-corrected chi connectivity index (χ3v) is 6.36. The SMILES string of the molecule is O=C(c1ccccc1Br)N1CCC(Oc2nc3c(Cl)cccc3s2)CC1. The van der Waals surface area contributed by atoms with Gasteiger partial charge >= 0.3 is 0 Å². The van der Waals surface area contributed by atoms with Crippen LogP contribution in [0.1, 0.15) is 23.2 Å². The number of nitrogens with zero attached hydrogens (tertiary/aromatic N) is 2. The topological polar surface area (TPSA) is 42.4 Å². The van der Waals surface area contributed by atoms with E-state index in [9.17, 15) is 4.79 Å². The first-order valence-corrected chi connectivity index (χ1v) is 10.4. The van der Waals surface area contributed by atoms with E-state index in [4.69, 9.17) is 16.3 Å². The van der Waals surface area contributed by atoms with Gasteiger partial charge in [0.15, 0.2) is 0 Å². The molecule has 3 aromatic rings. The first-order valence-electron chi connectivity index (χ1n) is 8.37. The number of rotatable bonds is 3. The Hall–Kier alpha value is -1.63. The summed E-state index contributed by atoms with van der Waals surface area (Å²) in [6.07, 6.45) is 1.65. The van der Waals surface area contributed by atoms with Crippen LogP contribution in [0.15, 0.2) is 46.9 Å². The minimum Gasteiger partial charge on any atom is -0.467 e. The van der Waals surface area contributed by atoms with Crippen molar-refractivity contribution in [2.45, 2.75) is 18.9 Å². The molecule has 26 heavy (non-hydrogen) atoms. The summed E-state index contributed by atoms with van der Waals surface area (Å²) in [6.45, 7) is 1.35. The number of benzene rings is 2. The number of hydrogen-bond donors (Lipinski definition) is 0. The standard InChI is InChI=1S/C19H16BrClN2O2S/c20-14-5-2-1-4-13(14)18(24)23-10-8-12(9-11-23)25-19-22-17-15(21)6-3-7-16(17)26-19/h1-7,12H,8-11H2. The van der Waals surface area contributed by atoms with Crippen molar-refractivity contribution < 1.29 is 9.53 Å². The smallest absolute Gasteiger partial charge is 0.274 e. The molecule has 1 saturated heterocycles. The van der Waals surface area contributed by atoms with Crippen LogP contribution in [0.25, 0.3) is 10.2 Å². The quantitative estimate of drug-likeness (QED) is 0.536. The molecule has 134 valence electrons. The summed E-state index contributed by atoms with van der Waals surface area (Å²) >= 11 is 11.1. The summed E-state index contributed by atoms with van der Waals surface area (Å²) < 4.78 is 7.91. The number of ether oxygens (including phenoxy) is 1. The monoisotopic (exact) mass is 450 g/mol. The molecule has 1 aliphatic rings. The van der Waals surface area contributed by atoms with Crippen molar-refractivity contribution in [1.29, 1.82) is 0 Å². The molecule has 0 aliphatic carbocycles. The van der Waals surface area contributed by atoms with Crippen LogP contribution in [-0.4, -0.2) is 35.0 Å². The third-order valence-electron chi connectivity index (χ3n) is 4.45. The fourth-order valence-corrected chi connectivity index (χ4v) is 4.70. The Morgan fingerprint density at radius 3 is 2.69 bits per heavy atom. The number of halogens is 2. The minimum absolute atomic E-state index is 0.0580. The Labute approximate surface area is 168 Å². The van der Waals surface area contributed by atoms with Gasteiger partial charge in [0.1, 0.15) is 11.6 Å². The van der Waals surface area contributed by atoms with Crippen molar-refractivity contribution in [1.82, 2.24) is 9.88 Å². The molecule has 0 atom stereocenters. The Bertz CT molecular complexity index is 954. The second-order valence-electron chi connectivity index (χ2n) is 6.16. The first-order chi connectivity index (χ1) is 12.6. The maximum Gasteiger partial charge on any atom is 0.274 e. The molecule has 0 saturated carbocycles. The number of aromatic nitrogens is 1. The molecule has 0 spiro atoms. The van der Waals surface area contributed by atoms with E-state index in [1.165, 1.54) is 11.3 Å². The molecule has 2 heterocycles. The molecule has 0 bridgehead atoms. The highest BCUT2D eigenvalue weighted by Crippen LogP contribution is 2.33. The number of carbonyl (C=O) groups is 1. The van der Waals surface area contributed by atoms with Gasteiger partial charge in [0.2, 0.25) is 0 Å². The molecule has 2 aromatic carbocycles. The van der Waals surface area contributed by atoms with E-state index in [0.29, 0.717) is 28.9 Å². The number of fused-ring (bicyclic) bond motifs is 1. The zero-order valence-electron chi connectivity index (χ0n) is 13.8. The van der Waals surface area contributed by atoms with E-state index in [1.807, 2.05) is 47.4 Å². The highest BCUT2D eigenvalue weighted by atomic mass is 79.9. The number of thiazole rings is 1. The fourth-order valence-electron chi connectivity index (χ4n) is 3.07. The number of amides is 1. The van der Waals surface area contributed by atoms with E-state index in [0.717, 1.165) is 27.5 Å². The Kier molecular flexibility index (Phi) is 5.16. The molecule has 0 unspecified atom stereocenters. The summed E-state index contributed by atoms with van der Waals surface area (Å²) in [4.78, 5) is 19.1. The van der Waals surface area contributed by atoms with Crippen molar-refractivity contribution in [3.05, 3.63) is 57.5 Å². The average molecular weight is 452 g/mol. The second kappa shape index (κ2) is 7.55. The van der Waals surface area contributed by atoms with Gasteiger partial charge < -0.3 is 9.64 Å². The number of carbonyl (C=O) groups excluding carboxylic acids is 1. The highest BCUT2D eigenvalue weighted by molar-refractivity contribution is 9.10. The van der Waals surface area contributed by atoms with Gasteiger partial charge in [-0.2, -0.15) is 0 Å². The Morgan fingerprint density at radius 1 is 1.19 bits per heavy atom. The Morgan fingerprint density at radius 2 is 1.96 bits per heavy atom. The average Bonchev–Trinajstić information content (AvgIpc) is 3.06. The van der Waals surface area contributed by atoms with Gasteiger partial charge in [-0.05, 0) is 40.2 Å². The highest BCUT2D eigenvalue weighted by Gasteiger charge is 2.26. The van der Waals surface area contributed by atoms with Gasteiger partial charge in [0, 0.05) is 30.4 Å². The van der Waals surface area contributed by atoms with E-state index >= 15 is 0 Å². The predicted octanol–water partition coefficient (Wildman–Crippen LogP) is 5.40. The van der Waals surface area contributed by atoms with E-state index < -0.39 is 0 Å². The fraction of sp³-hybridized carbons (Fsp3) is 0.263. The zero-order valence-corrected chi connectivity index (χ0v) is 17.0. The summed E-state index contributed by atoms with van der Waals surface area (Å²) in [6, 6.07) is 13.3. The lowest BCUT2D eigenvalue weighted by molar-refractivity contribution is 0.0594. The van der Waals surface area contributed by atoms with E-state index in [-0.39, 0.29) is 12.0 Å². The Balaban J connectivity index is 1.39. The maximum absolute atomic E-state index is 12.7. The molecule has 1 aromatic heterocycles. The van der Waals surface area contributed by atoms with E-state index in [1.54, 1.807) is 0 Å². The predicted molar refractivity (Wildman–Crippen MR) is 108 cm³/mol. The lowest BCUT2D eigenvalue weighted by Crippen LogP contribution is -2.41. The molecular weight excluding hydrogens is 436 g/mol. The van der Waals surface area contributed by atoms with Crippen molar-refractivity contribution in [2.24, 2.45) is 0 Å². The van der Waals surface area contributed by atoms with Gasteiger partial charge in [-0.1, -0.05) is 41.1 Å². The molecule has 1 aliphatic heterocycles. The summed E-state index contributed by atoms with van der Waals surface area (Å²) in [5, 5.41) is 1.28. The van der Waals surface area contributed by atoms with Gasteiger partial charge in [0.05, 0.1) is 15.3 Å². The molecule has 7 heteroatoms. The maximum atomic E-state index is 12.7. The van der Waals surface area contributed by atoms with Gasteiger partial charge in [0.25, 0.3) is 11.1 Å². The van der Waals surface area contributed by atoms with Crippen LogP contribution in [0, 0.1) is 0 Å². The first kappa shape index (κ1) is 17.8. The molecule has 1 amide bonds. The lowest BCUT2D eigenvalue weighted by Gasteiger charge is -2.31. The molecule has 4 rings (SSSR count). The van der Waals surface area contributed by atoms with Crippen LogP contribution in [0.3, 0.4) is 0 Å². The second-order valence-corrected chi connectivity index (χ2v) is 8.41. The van der Waals surface area contributed by atoms with Crippen molar-refractivity contribution >= 4 is 55.0 Å². The number of likely N-dealkylation sites (tertiary alicyclic amines) is 1. The van der Waals surface area contributed by atoms with Crippen molar-refractivity contribution in [3.8, 4) is 5.19 Å². The van der Waals surface area contributed by atoms with Gasteiger partial charge in [-0.15, -0.1) is 0 Å². The molecule has 4 nitrogen and oxygen atoms in total. The summed E-state index contributed by atoms with van der Waals surface area (Å²) in [7, 11) is 0. The van der Waals surface area contributed by atoms with Crippen LogP contribution >= 0.6 is 38.9 Å². The van der Waals surface area contributed by atoms with Crippen molar-refractivity contribution in [2.75, 3.05) is 13.1 Å². The normalized spacial score (nSPS) is 15.4. The number of piperidine rings is 1. The zero-order chi connectivity index (χ0) is 18.1. The third kappa shape index (κ3) is 3.59. The molecule has 0 radical (unpaired) electrons. The molecule has 0 N–H and O–H groups in total. The lowest BCUT2D eigenvalue weighted by atomic mass is 10.1. The summed E-state index contributed by atoms with van der Waals surface area (Å²) in [5.74, 6) is 0.0580. The number of hydrogen-bond acceptors (Lipinski definition) is 4. The van der Waals surface area contributed by atoms with Crippen LogP contribution in [0.4, 0.5) is 0 Å². The van der Waals surface area contributed by atoms with Crippen LogP contribution < -0.4 is 4.74 Å².